The van der Waals surface area contributed by atoms with Crippen LogP contribution in [0.3, 0.4) is 0 Å². The first kappa shape index (κ1) is 13.0. The van der Waals surface area contributed by atoms with Crippen LogP contribution in [0.5, 0.6) is 0 Å². The van der Waals surface area contributed by atoms with Gasteiger partial charge in [-0.1, -0.05) is 17.7 Å². The minimum Gasteiger partial charge on any atom is -0.271 e. The third-order valence-electron chi connectivity index (χ3n) is 2.70. The van der Waals surface area contributed by atoms with Crippen molar-refractivity contribution in [2.75, 3.05) is 0 Å². The van der Waals surface area contributed by atoms with Crippen LogP contribution in [0.15, 0.2) is 36.5 Å². The highest BCUT2D eigenvalue weighted by molar-refractivity contribution is 6.31. The van der Waals surface area contributed by atoms with Crippen LogP contribution >= 0.6 is 11.6 Å². The number of nitrogens with zero attached hydrogens (tertiary/aromatic N) is 1. The van der Waals surface area contributed by atoms with E-state index in [1.54, 1.807) is 6.20 Å². The Bertz CT molecular complexity index is 542. The molecular formula is C13H13ClFN3. The molecule has 5 heteroatoms. The molecule has 3 N–H and O–H groups in total. The SMILES string of the molecule is Cc1ccc(C(NN)c2cc(F)ccc2Cl)cn1. The van der Waals surface area contributed by atoms with E-state index in [2.05, 4.69) is 10.4 Å². The van der Waals surface area contributed by atoms with Crippen LogP contribution in [-0.4, -0.2) is 4.98 Å². The van der Waals surface area contributed by atoms with Crippen molar-refractivity contribution < 1.29 is 4.39 Å². The van der Waals surface area contributed by atoms with Crippen molar-refractivity contribution >= 4 is 11.6 Å². The van der Waals surface area contributed by atoms with Gasteiger partial charge in [-0.05, 0) is 42.3 Å². The summed E-state index contributed by atoms with van der Waals surface area (Å²) in [5.41, 5.74) is 4.95. The zero-order chi connectivity index (χ0) is 13.1. The molecule has 18 heavy (non-hydrogen) atoms. The lowest BCUT2D eigenvalue weighted by Gasteiger charge is -2.18. The van der Waals surface area contributed by atoms with Crippen LogP contribution in [0.4, 0.5) is 4.39 Å². The van der Waals surface area contributed by atoms with Crippen molar-refractivity contribution in [3.8, 4) is 0 Å². The molecule has 0 aliphatic carbocycles. The van der Waals surface area contributed by atoms with E-state index in [4.69, 9.17) is 17.4 Å². The average molecular weight is 266 g/mol. The first-order chi connectivity index (χ1) is 8.61. The molecule has 2 aromatic rings. The molecule has 1 heterocycles. The van der Waals surface area contributed by atoms with Crippen molar-refractivity contribution in [2.45, 2.75) is 13.0 Å². The lowest BCUT2D eigenvalue weighted by molar-refractivity contribution is 0.604. The fourth-order valence-electron chi connectivity index (χ4n) is 1.75. The Morgan fingerprint density at radius 3 is 2.72 bits per heavy atom. The normalized spacial score (nSPS) is 12.4. The van der Waals surface area contributed by atoms with Gasteiger partial charge in [-0.15, -0.1) is 0 Å². The summed E-state index contributed by atoms with van der Waals surface area (Å²) in [5.74, 6) is 5.18. The lowest BCUT2D eigenvalue weighted by Crippen LogP contribution is -2.29. The van der Waals surface area contributed by atoms with Crippen LogP contribution in [0.2, 0.25) is 5.02 Å². The smallest absolute Gasteiger partial charge is 0.123 e. The van der Waals surface area contributed by atoms with Gasteiger partial charge in [0.15, 0.2) is 0 Å². The van der Waals surface area contributed by atoms with Crippen LogP contribution < -0.4 is 11.3 Å². The number of pyridine rings is 1. The summed E-state index contributed by atoms with van der Waals surface area (Å²) >= 11 is 6.07. The van der Waals surface area contributed by atoms with Gasteiger partial charge in [0.2, 0.25) is 0 Å². The quantitative estimate of drug-likeness (QED) is 0.663. The highest BCUT2D eigenvalue weighted by Gasteiger charge is 2.16. The van der Waals surface area contributed by atoms with Crippen LogP contribution in [0.25, 0.3) is 0 Å². The first-order valence-corrected chi connectivity index (χ1v) is 5.83. The van der Waals surface area contributed by atoms with Gasteiger partial charge >= 0.3 is 0 Å². The number of rotatable bonds is 3. The summed E-state index contributed by atoms with van der Waals surface area (Å²) in [6, 6.07) is 7.56. The predicted molar refractivity (Wildman–Crippen MR) is 69.6 cm³/mol. The molecule has 1 aromatic carbocycles. The number of hydrazine groups is 1. The summed E-state index contributed by atoms with van der Waals surface area (Å²) in [6.07, 6.45) is 1.70. The molecule has 0 bridgehead atoms. The third kappa shape index (κ3) is 2.67. The number of benzene rings is 1. The van der Waals surface area contributed by atoms with Gasteiger partial charge in [0.1, 0.15) is 5.82 Å². The van der Waals surface area contributed by atoms with Gasteiger partial charge in [0, 0.05) is 16.9 Å². The second-order valence-corrected chi connectivity index (χ2v) is 4.41. The molecule has 0 aliphatic heterocycles. The Labute approximate surface area is 110 Å². The van der Waals surface area contributed by atoms with E-state index in [0.29, 0.717) is 10.6 Å². The standard InChI is InChI=1S/C13H13ClFN3/c1-8-2-3-9(7-17-8)13(18-16)11-6-10(15)4-5-12(11)14/h2-7,13,18H,16H2,1H3. The Balaban J connectivity index is 2.44. The molecule has 3 nitrogen and oxygen atoms in total. The molecule has 1 aromatic heterocycles. The van der Waals surface area contributed by atoms with E-state index in [0.717, 1.165) is 11.3 Å². The Kier molecular flexibility index (Phi) is 3.91. The molecule has 0 spiro atoms. The van der Waals surface area contributed by atoms with Crippen LogP contribution in [0, 0.1) is 12.7 Å². The fourth-order valence-corrected chi connectivity index (χ4v) is 1.98. The van der Waals surface area contributed by atoms with E-state index in [-0.39, 0.29) is 11.9 Å². The molecule has 0 fully saturated rings. The third-order valence-corrected chi connectivity index (χ3v) is 3.05. The summed E-state index contributed by atoms with van der Waals surface area (Å²) in [6.45, 7) is 1.89. The average Bonchev–Trinajstić information content (AvgIpc) is 2.37. The van der Waals surface area contributed by atoms with E-state index >= 15 is 0 Å². The van der Waals surface area contributed by atoms with E-state index in [1.165, 1.54) is 18.2 Å². The number of nitrogens with one attached hydrogen (secondary N) is 1. The molecule has 94 valence electrons. The molecule has 0 radical (unpaired) electrons. The van der Waals surface area contributed by atoms with Crippen molar-refractivity contribution in [3.63, 3.8) is 0 Å². The topological polar surface area (TPSA) is 50.9 Å². The largest absolute Gasteiger partial charge is 0.271 e. The van der Waals surface area contributed by atoms with Gasteiger partial charge < -0.3 is 0 Å². The molecule has 2 rings (SSSR count). The maximum atomic E-state index is 13.3. The Morgan fingerprint density at radius 2 is 2.11 bits per heavy atom. The zero-order valence-corrected chi connectivity index (χ0v) is 10.6. The number of aromatic nitrogens is 1. The molecular weight excluding hydrogens is 253 g/mol. The summed E-state index contributed by atoms with van der Waals surface area (Å²) in [5, 5.41) is 0.458. The van der Waals surface area contributed by atoms with Gasteiger partial charge in [-0.25, -0.2) is 9.82 Å². The van der Waals surface area contributed by atoms with Crippen LogP contribution in [-0.2, 0) is 0 Å². The maximum absolute atomic E-state index is 13.3. The zero-order valence-electron chi connectivity index (χ0n) is 9.82. The monoisotopic (exact) mass is 265 g/mol. The van der Waals surface area contributed by atoms with Gasteiger partial charge in [-0.2, -0.15) is 0 Å². The first-order valence-electron chi connectivity index (χ1n) is 5.45. The summed E-state index contributed by atoms with van der Waals surface area (Å²) < 4.78 is 13.3. The number of nitrogens with two attached hydrogens (primary N) is 1. The highest BCUT2D eigenvalue weighted by Crippen LogP contribution is 2.28. The summed E-state index contributed by atoms with van der Waals surface area (Å²) in [7, 11) is 0. The Morgan fingerprint density at radius 1 is 1.33 bits per heavy atom. The number of hydrogen-bond donors (Lipinski definition) is 2. The molecule has 0 amide bonds. The molecule has 0 saturated heterocycles. The minimum atomic E-state index is -0.388. The van der Waals surface area contributed by atoms with Crippen molar-refractivity contribution in [3.05, 3.63) is 64.2 Å². The molecule has 1 unspecified atom stereocenters. The molecule has 0 aliphatic rings. The highest BCUT2D eigenvalue weighted by atomic mass is 35.5. The minimum absolute atomic E-state index is 0.352. The number of aryl methyl sites for hydroxylation is 1. The van der Waals surface area contributed by atoms with Crippen molar-refractivity contribution in [1.29, 1.82) is 0 Å². The van der Waals surface area contributed by atoms with E-state index in [1.807, 2.05) is 19.1 Å². The molecule has 0 saturated carbocycles. The number of halogens is 2. The van der Waals surface area contributed by atoms with Gasteiger partial charge in [-0.3, -0.25) is 10.8 Å². The predicted octanol–water partition coefficient (Wildman–Crippen LogP) is 2.74. The van der Waals surface area contributed by atoms with E-state index in [9.17, 15) is 4.39 Å². The van der Waals surface area contributed by atoms with E-state index < -0.39 is 0 Å². The van der Waals surface area contributed by atoms with Gasteiger partial charge in [0.25, 0.3) is 0 Å². The summed E-state index contributed by atoms with van der Waals surface area (Å²) in [4.78, 5) is 4.19. The van der Waals surface area contributed by atoms with Crippen molar-refractivity contribution in [1.82, 2.24) is 10.4 Å². The Hall–Kier alpha value is -1.49. The van der Waals surface area contributed by atoms with Crippen LogP contribution in [0.1, 0.15) is 22.9 Å². The fraction of sp³-hybridized carbons (Fsp3) is 0.154. The number of hydrogen-bond acceptors (Lipinski definition) is 3. The lowest BCUT2D eigenvalue weighted by atomic mass is 10.0. The van der Waals surface area contributed by atoms with Gasteiger partial charge in [0.05, 0.1) is 6.04 Å². The molecule has 1 atom stereocenters. The second-order valence-electron chi connectivity index (χ2n) is 4.00. The second kappa shape index (κ2) is 5.44. The van der Waals surface area contributed by atoms with Crippen molar-refractivity contribution in [2.24, 2.45) is 5.84 Å². The maximum Gasteiger partial charge on any atom is 0.123 e.